The van der Waals surface area contributed by atoms with E-state index in [0.717, 1.165) is 25.4 Å². The van der Waals surface area contributed by atoms with Crippen LogP contribution in [-0.2, 0) is 0 Å². The second-order valence-electron chi connectivity index (χ2n) is 4.29. The number of nitrogens with zero attached hydrogens (tertiary/aromatic N) is 1. The summed E-state index contributed by atoms with van der Waals surface area (Å²) in [7, 11) is 0. The number of rotatable bonds is 3. The van der Waals surface area contributed by atoms with E-state index in [9.17, 15) is 0 Å². The Balaban J connectivity index is 2.22. The molecule has 4 heteroatoms. The lowest BCUT2D eigenvalue weighted by Crippen LogP contribution is -2.49. The molecule has 1 atom stereocenters. The maximum atomic E-state index is 6.09. The van der Waals surface area contributed by atoms with Gasteiger partial charge in [-0.25, -0.2) is 0 Å². The third-order valence-corrected chi connectivity index (χ3v) is 3.36. The Morgan fingerprint density at radius 2 is 2.35 bits per heavy atom. The molecule has 0 radical (unpaired) electrons. The molecule has 0 spiro atoms. The molecule has 1 fully saturated rings. The Labute approximate surface area is 108 Å². The van der Waals surface area contributed by atoms with Crippen molar-refractivity contribution in [1.29, 1.82) is 0 Å². The molecule has 3 nitrogen and oxygen atoms in total. The van der Waals surface area contributed by atoms with Gasteiger partial charge in [0, 0.05) is 37.4 Å². The molecule has 1 saturated heterocycles. The van der Waals surface area contributed by atoms with E-state index < -0.39 is 0 Å². The number of halogens is 1. The molecule has 0 bridgehead atoms. The highest BCUT2D eigenvalue weighted by Gasteiger charge is 2.19. The summed E-state index contributed by atoms with van der Waals surface area (Å²) in [6.45, 7) is 7.90. The van der Waals surface area contributed by atoms with Crippen LogP contribution in [-0.4, -0.2) is 32.3 Å². The highest BCUT2D eigenvalue weighted by molar-refractivity contribution is 6.32. The number of piperazine rings is 1. The van der Waals surface area contributed by atoms with Crippen molar-refractivity contribution in [2.75, 3.05) is 31.1 Å². The van der Waals surface area contributed by atoms with E-state index in [1.165, 1.54) is 5.69 Å². The molecule has 94 valence electrons. The summed E-state index contributed by atoms with van der Waals surface area (Å²) in [5.74, 6) is 0.775. The van der Waals surface area contributed by atoms with E-state index in [2.05, 4.69) is 23.2 Å². The fourth-order valence-electron chi connectivity index (χ4n) is 2.16. The molecule has 0 unspecified atom stereocenters. The van der Waals surface area contributed by atoms with Crippen LogP contribution in [0.5, 0.6) is 5.75 Å². The van der Waals surface area contributed by atoms with Crippen LogP contribution in [0.3, 0.4) is 0 Å². The minimum Gasteiger partial charge on any atom is -0.492 e. The standard InChI is InChI=1S/C13H19ClN2O/c1-3-17-13-8-11(4-5-12(13)14)16-7-6-15-9-10(16)2/h4-5,8,10,15H,3,6-7,9H2,1-2H3/t10-/m0/s1. The van der Waals surface area contributed by atoms with Crippen LogP contribution in [0.25, 0.3) is 0 Å². The zero-order chi connectivity index (χ0) is 12.3. The number of nitrogens with one attached hydrogen (secondary N) is 1. The van der Waals surface area contributed by atoms with Crippen LogP contribution >= 0.6 is 11.6 Å². The first-order chi connectivity index (χ1) is 8.22. The normalized spacial score (nSPS) is 20.4. The average Bonchev–Trinajstić information content (AvgIpc) is 2.33. The molecule has 1 heterocycles. The quantitative estimate of drug-likeness (QED) is 0.897. The second-order valence-corrected chi connectivity index (χ2v) is 4.70. The minimum atomic E-state index is 0.499. The van der Waals surface area contributed by atoms with Crippen molar-refractivity contribution >= 4 is 17.3 Å². The first kappa shape index (κ1) is 12.5. The van der Waals surface area contributed by atoms with Crippen molar-refractivity contribution in [3.63, 3.8) is 0 Å². The van der Waals surface area contributed by atoms with E-state index in [4.69, 9.17) is 16.3 Å². The molecule has 1 aliphatic heterocycles. The monoisotopic (exact) mass is 254 g/mol. The zero-order valence-electron chi connectivity index (χ0n) is 10.4. The van der Waals surface area contributed by atoms with Crippen LogP contribution in [0.15, 0.2) is 18.2 Å². The van der Waals surface area contributed by atoms with Crippen molar-refractivity contribution < 1.29 is 4.74 Å². The summed E-state index contributed by atoms with van der Waals surface area (Å²) < 4.78 is 5.53. The van der Waals surface area contributed by atoms with Gasteiger partial charge in [-0.1, -0.05) is 11.6 Å². The van der Waals surface area contributed by atoms with E-state index in [1.807, 2.05) is 19.1 Å². The second kappa shape index (κ2) is 5.61. The Morgan fingerprint density at radius 3 is 3.06 bits per heavy atom. The maximum Gasteiger partial charge on any atom is 0.139 e. The summed E-state index contributed by atoms with van der Waals surface area (Å²) in [5.41, 5.74) is 1.19. The zero-order valence-corrected chi connectivity index (χ0v) is 11.1. The van der Waals surface area contributed by atoms with E-state index in [1.54, 1.807) is 0 Å². The molecule has 0 amide bonds. The number of anilines is 1. The van der Waals surface area contributed by atoms with Crippen LogP contribution in [0, 0.1) is 0 Å². The molecule has 0 aliphatic carbocycles. The number of benzene rings is 1. The van der Waals surface area contributed by atoms with Gasteiger partial charge in [-0.2, -0.15) is 0 Å². The van der Waals surface area contributed by atoms with Crippen molar-refractivity contribution in [1.82, 2.24) is 5.32 Å². The van der Waals surface area contributed by atoms with E-state index >= 15 is 0 Å². The molecule has 2 rings (SSSR count). The first-order valence-corrected chi connectivity index (χ1v) is 6.50. The fourth-order valence-corrected chi connectivity index (χ4v) is 2.33. The minimum absolute atomic E-state index is 0.499. The number of hydrogen-bond donors (Lipinski definition) is 1. The van der Waals surface area contributed by atoms with Crippen molar-refractivity contribution in [2.24, 2.45) is 0 Å². The van der Waals surface area contributed by atoms with Gasteiger partial charge in [0.05, 0.1) is 11.6 Å². The first-order valence-electron chi connectivity index (χ1n) is 6.12. The smallest absolute Gasteiger partial charge is 0.139 e. The van der Waals surface area contributed by atoms with Crippen LogP contribution < -0.4 is 15.0 Å². The molecular formula is C13H19ClN2O. The Morgan fingerprint density at radius 1 is 1.53 bits per heavy atom. The van der Waals surface area contributed by atoms with Gasteiger partial charge in [-0.05, 0) is 26.0 Å². The Bertz CT molecular complexity index is 384. The molecule has 0 aromatic heterocycles. The van der Waals surface area contributed by atoms with E-state index in [-0.39, 0.29) is 0 Å². The molecule has 1 aromatic carbocycles. The SMILES string of the molecule is CCOc1cc(N2CCNC[C@@H]2C)ccc1Cl. The highest BCUT2D eigenvalue weighted by atomic mass is 35.5. The Hall–Kier alpha value is -0.930. The van der Waals surface area contributed by atoms with Crippen LogP contribution in [0.1, 0.15) is 13.8 Å². The van der Waals surface area contributed by atoms with Gasteiger partial charge in [0.15, 0.2) is 0 Å². The summed E-state index contributed by atoms with van der Waals surface area (Å²) in [6, 6.07) is 6.51. The third-order valence-electron chi connectivity index (χ3n) is 3.05. The van der Waals surface area contributed by atoms with Gasteiger partial charge >= 0.3 is 0 Å². The van der Waals surface area contributed by atoms with Crippen LogP contribution in [0.4, 0.5) is 5.69 Å². The van der Waals surface area contributed by atoms with Gasteiger partial charge < -0.3 is 15.0 Å². The van der Waals surface area contributed by atoms with Crippen molar-refractivity contribution in [3.8, 4) is 5.75 Å². The Kier molecular flexibility index (Phi) is 4.13. The summed E-state index contributed by atoms with van der Waals surface area (Å²) >= 11 is 6.09. The van der Waals surface area contributed by atoms with Gasteiger partial charge in [0.25, 0.3) is 0 Å². The molecule has 0 saturated carbocycles. The maximum absolute atomic E-state index is 6.09. The number of hydrogen-bond acceptors (Lipinski definition) is 3. The molecular weight excluding hydrogens is 236 g/mol. The lowest BCUT2D eigenvalue weighted by atomic mass is 10.1. The summed E-state index contributed by atoms with van der Waals surface area (Å²) in [5, 5.41) is 4.07. The third kappa shape index (κ3) is 2.85. The van der Waals surface area contributed by atoms with Gasteiger partial charge in [-0.3, -0.25) is 0 Å². The van der Waals surface area contributed by atoms with Crippen LogP contribution in [0.2, 0.25) is 5.02 Å². The predicted octanol–water partition coefficient (Wildman–Crippen LogP) is 2.54. The molecule has 1 aliphatic rings. The van der Waals surface area contributed by atoms with E-state index in [0.29, 0.717) is 17.7 Å². The van der Waals surface area contributed by atoms with Gasteiger partial charge in [0.1, 0.15) is 5.75 Å². The molecule has 17 heavy (non-hydrogen) atoms. The van der Waals surface area contributed by atoms with Gasteiger partial charge in [-0.15, -0.1) is 0 Å². The number of ether oxygens (including phenoxy) is 1. The van der Waals surface area contributed by atoms with Gasteiger partial charge in [0.2, 0.25) is 0 Å². The summed E-state index contributed by atoms with van der Waals surface area (Å²) in [4.78, 5) is 2.38. The topological polar surface area (TPSA) is 24.5 Å². The molecule has 1 aromatic rings. The highest BCUT2D eigenvalue weighted by Crippen LogP contribution is 2.30. The predicted molar refractivity (Wildman–Crippen MR) is 72.3 cm³/mol. The largest absolute Gasteiger partial charge is 0.492 e. The summed E-state index contributed by atoms with van der Waals surface area (Å²) in [6.07, 6.45) is 0. The lowest BCUT2D eigenvalue weighted by molar-refractivity contribution is 0.340. The van der Waals surface area contributed by atoms with Crippen molar-refractivity contribution in [3.05, 3.63) is 23.2 Å². The van der Waals surface area contributed by atoms with Crippen molar-refractivity contribution in [2.45, 2.75) is 19.9 Å². The molecule has 1 N–H and O–H groups in total. The fraction of sp³-hybridized carbons (Fsp3) is 0.538. The lowest BCUT2D eigenvalue weighted by Gasteiger charge is -2.36. The average molecular weight is 255 g/mol.